The summed E-state index contributed by atoms with van der Waals surface area (Å²) in [7, 11) is 4.99. The molecule has 1 unspecified atom stereocenters. The zero-order valence-corrected chi connectivity index (χ0v) is 18.3. The lowest BCUT2D eigenvalue weighted by Crippen LogP contribution is -2.35. The third kappa shape index (κ3) is 6.00. The molecule has 3 rings (SSSR count). The van der Waals surface area contributed by atoms with Gasteiger partial charge in [0.25, 0.3) is 0 Å². The first-order chi connectivity index (χ1) is 15.5. The van der Waals surface area contributed by atoms with E-state index < -0.39 is 6.04 Å². The molecule has 0 bridgehead atoms. The number of carbonyl (C=O) groups excluding carboxylic acids is 2. The molecule has 0 saturated heterocycles. The number of carbonyl (C=O) groups is 2. The fourth-order valence-corrected chi connectivity index (χ4v) is 3.17. The molecule has 3 aromatic rings. The number of nitrogens with zero attached hydrogens (tertiary/aromatic N) is 2. The average Bonchev–Trinajstić information content (AvgIpc) is 3.23. The first-order valence-electron chi connectivity index (χ1n) is 10.1. The van der Waals surface area contributed by atoms with Crippen molar-refractivity contribution in [2.75, 3.05) is 26.1 Å². The zero-order chi connectivity index (χ0) is 22.9. The smallest absolute Gasteiger partial charge is 0.319 e. The number of hydrogen-bond acceptors (Lipinski definition) is 5. The van der Waals surface area contributed by atoms with Gasteiger partial charge in [0.2, 0.25) is 5.91 Å². The molecular weight excluding hydrogens is 410 g/mol. The SMILES string of the molecule is COc1cc(OC)cc(C(NC(=O)CCNC(=O)Nc2ccccc2)c2nccn2C)c1. The molecule has 0 saturated carbocycles. The van der Waals surface area contributed by atoms with Crippen molar-refractivity contribution in [2.24, 2.45) is 7.05 Å². The Bertz CT molecular complexity index is 1030. The van der Waals surface area contributed by atoms with Crippen LogP contribution in [0.4, 0.5) is 10.5 Å². The molecule has 0 radical (unpaired) electrons. The van der Waals surface area contributed by atoms with Crippen LogP contribution in [-0.2, 0) is 11.8 Å². The van der Waals surface area contributed by atoms with E-state index in [9.17, 15) is 9.59 Å². The van der Waals surface area contributed by atoms with E-state index in [1.165, 1.54) is 0 Å². The van der Waals surface area contributed by atoms with Crippen LogP contribution in [-0.4, -0.2) is 42.3 Å². The number of hydrogen-bond donors (Lipinski definition) is 3. The van der Waals surface area contributed by atoms with Gasteiger partial charge in [0.1, 0.15) is 23.4 Å². The summed E-state index contributed by atoms with van der Waals surface area (Å²) in [6, 6.07) is 13.6. The Morgan fingerprint density at radius 2 is 1.75 bits per heavy atom. The molecule has 32 heavy (non-hydrogen) atoms. The summed E-state index contributed by atoms with van der Waals surface area (Å²) in [5.74, 6) is 1.63. The van der Waals surface area contributed by atoms with Crippen LogP contribution in [0.2, 0.25) is 0 Å². The summed E-state index contributed by atoms with van der Waals surface area (Å²) in [4.78, 5) is 29.1. The van der Waals surface area contributed by atoms with Crippen molar-refractivity contribution >= 4 is 17.6 Å². The molecule has 1 heterocycles. The van der Waals surface area contributed by atoms with Gasteiger partial charge in [-0.15, -0.1) is 0 Å². The number of anilines is 1. The van der Waals surface area contributed by atoms with Crippen molar-refractivity contribution in [1.82, 2.24) is 20.2 Å². The normalized spacial score (nSPS) is 11.3. The van der Waals surface area contributed by atoms with Crippen LogP contribution >= 0.6 is 0 Å². The Hall–Kier alpha value is -4.01. The lowest BCUT2D eigenvalue weighted by molar-refractivity contribution is -0.121. The average molecular weight is 438 g/mol. The molecule has 9 heteroatoms. The lowest BCUT2D eigenvalue weighted by atomic mass is 10.0. The van der Waals surface area contributed by atoms with E-state index in [4.69, 9.17) is 9.47 Å². The zero-order valence-electron chi connectivity index (χ0n) is 18.3. The van der Waals surface area contributed by atoms with Gasteiger partial charge in [-0.2, -0.15) is 0 Å². The molecule has 3 amide bonds. The summed E-state index contributed by atoms with van der Waals surface area (Å²) >= 11 is 0. The number of benzene rings is 2. The van der Waals surface area contributed by atoms with Gasteiger partial charge in [-0.1, -0.05) is 18.2 Å². The monoisotopic (exact) mass is 437 g/mol. The Morgan fingerprint density at radius 3 is 2.34 bits per heavy atom. The van der Waals surface area contributed by atoms with Crippen molar-refractivity contribution in [3.63, 3.8) is 0 Å². The summed E-state index contributed by atoms with van der Waals surface area (Å²) < 4.78 is 12.6. The van der Waals surface area contributed by atoms with Gasteiger partial charge in [0.05, 0.1) is 14.2 Å². The number of aromatic nitrogens is 2. The van der Waals surface area contributed by atoms with Gasteiger partial charge in [-0.25, -0.2) is 9.78 Å². The quantitative estimate of drug-likeness (QED) is 0.477. The van der Waals surface area contributed by atoms with E-state index in [0.717, 1.165) is 5.56 Å². The number of rotatable bonds is 9. The number of para-hydroxylation sites is 1. The fourth-order valence-electron chi connectivity index (χ4n) is 3.17. The molecule has 1 atom stereocenters. The van der Waals surface area contributed by atoms with Gasteiger partial charge < -0.3 is 30.0 Å². The third-order valence-electron chi connectivity index (χ3n) is 4.80. The van der Waals surface area contributed by atoms with Crippen LogP contribution < -0.4 is 25.4 Å². The van der Waals surface area contributed by atoms with Gasteiger partial charge in [0, 0.05) is 44.2 Å². The van der Waals surface area contributed by atoms with Crippen molar-refractivity contribution < 1.29 is 19.1 Å². The summed E-state index contributed by atoms with van der Waals surface area (Å²) in [5.41, 5.74) is 1.44. The summed E-state index contributed by atoms with van der Waals surface area (Å²) in [5, 5.41) is 8.40. The molecule has 3 N–H and O–H groups in total. The molecule has 0 fully saturated rings. The molecule has 0 spiro atoms. The van der Waals surface area contributed by atoms with Gasteiger partial charge in [-0.05, 0) is 29.8 Å². The van der Waals surface area contributed by atoms with E-state index in [1.54, 1.807) is 44.8 Å². The molecular formula is C23H27N5O4. The van der Waals surface area contributed by atoms with Crippen LogP contribution in [0, 0.1) is 0 Å². The topological polar surface area (TPSA) is 107 Å². The second-order valence-corrected chi connectivity index (χ2v) is 7.04. The minimum Gasteiger partial charge on any atom is -0.497 e. The molecule has 0 aliphatic rings. The van der Waals surface area contributed by atoms with Crippen molar-refractivity contribution in [3.8, 4) is 11.5 Å². The maximum absolute atomic E-state index is 12.7. The van der Waals surface area contributed by atoms with Crippen LogP contribution in [0.3, 0.4) is 0 Å². The van der Waals surface area contributed by atoms with Crippen molar-refractivity contribution in [2.45, 2.75) is 12.5 Å². The molecule has 1 aromatic heterocycles. The number of urea groups is 1. The van der Waals surface area contributed by atoms with Crippen molar-refractivity contribution in [1.29, 1.82) is 0 Å². The van der Waals surface area contributed by atoms with Crippen LogP contribution in [0.5, 0.6) is 11.5 Å². The Morgan fingerprint density at radius 1 is 1.06 bits per heavy atom. The standard InChI is InChI=1S/C23H27N5O4/c1-28-12-11-24-22(28)21(16-13-18(31-2)15-19(14-16)32-3)27-20(29)9-10-25-23(30)26-17-7-5-4-6-8-17/h4-8,11-15,21H,9-10H2,1-3H3,(H,27,29)(H2,25,26,30). The molecule has 0 aliphatic heterocycles. The molecule has 9 nitrogen and oxygen atoms in total. The maximum Gasteiger partial charge on any atom is 0.319 e. The Labute approximate surface area is 186 Å². The van der Waals surface area contributed by atoms with E-state index in [-0.39, 0.29) is 24.9 Å². The van der Waals surface area contributed by atoms with Crippen molar-refractivity contribution in [3.05, 3.63) is 72.3 Å². The predicted molar refractivity (Wildman–Crippen MR) is 121 cm³/mol. The number of amides is 3. The number of aryl methyl sites for hydroxylation is 1. The minimum atomic E-state index is -0.523. The summed E-state index contributed by atoms with van der Waals surface area (Å²) in [6.45, 7) is 0.180. The van der Waals surface area contributed by atoms with Crippen LogP contribution in [0.15, 0.2) is 60.9 Å². The molecule has 168 valence electrons. The van der Waals surface area contributed by atoms with Gasteiger partial charge >= 0.3 is 6.03 Å². The first kappa shape index (κ1) is 22.7. The van der Waals surface area contributed by atoms with Crippen LogP contribution in [0.1, 0.15) is 23.9 Å². The highest BCUT2D eigenvalue weighted by molar-refractivity contribution is 5.89. The first-order valence-corrected chi connectivity index (χ1v) is 10.1. The minimum absolute atomic E-state index is 0.101. The Kier molecular flexibility index (Phi) is 7.69. The summed E-state index contributed by atoms with van der Waals surface area (Å²) in [6.07, 6.45) is 3.58. The van der Waals surface area contributed by atoms with E-state index in [2.05, 4.69) is 20.9 Å². The highest BCUT2D eigenvalue weighted by atomic mass is 16.5. The van der Waals surface area contributed by atoms with Gasteiger partial charge in [-0.3, -0.25) is 4.79 Å². The largest absolute Gasteiger partial charge is 0.497 e. The number of ether oxygens (including phenoxy) is 2. The third-order valence-corrected chi connectivity index (χ3v) is 4.80. The predicted octanol–water partition coefficient (Wildman–Crippen LogP) is 2.85. The molecule has 0 aliphatic carbocycles. The van der Waals surface area contributed by atoms with Gasteiger partial charge in [0.15, 0.2) is 0 Å². The highest BCUT2D eigenvalue weighted by Crippen LogP contribution is 2.29. The second kappa shape index (κ2) is 10.9. The van der Waals surface area contributed by atoms with E-state index in [0.29, 0.717) is 23.0 Å². The number of nitrogens with one attached hydrogen (secondary N) is 3. The fraction of sp³-hybridized carbons (Fsp3) is 0.261. The molecule has 2 aromatic carbocycles. The number of methoxy groups -OCH3 is 2. The Balaban J connectivity index is 1.66. The highest BCUT2D eigenvalue weighted by Gasteiger charge is 2.22. The lowest BCUT2D eigenvalue weighted by Gasteiger charge is -2.20. The van der Waals surface area contributed by atoms with E-state index >= 15 is 0 Å². The van der Waals surface area contributed by atoms with Crippen LogP contribution in [0.25, 0.3) is 0 Å². The maximum atomic E-state index is 12.7. The number of imidazole rings is 1. The second-order valence-electron chi connectivity index (χ2n) is 7.04. The van der Waals surface area contributed by atoms with E-state index in [1.807, 2.05) is 41.9 Å².